The van der Waals surface area contributed by atoms with Crippen LogP contribution >= 0.6 is 0 Å². The molecule has 4 aromatic rings. The van der Waals surface area contributed by atoms with E-state index in [0.717, 1.165) is 56.0 Å². The maximum absolute atomic E-state index is 5.94. The molecule has 32 heavy (non-hydrogen) atoms. The van der Waals surface area contributed by atoms with Crippen LogP contribution in [0.4, 0.5) is 0 Å². The van der Waals surface area contributed by atoms with Gasteiger partial charge in [0, 0.05) is 24.0 Å². The van der Waals surface area contributed by atoms with Gasteiger partial charge in [0.25, 0.3) is 0 Å². The zero-order valence-corrected chi connectivity index (χ0v) is 19.2. The van der Waals surface area contributed by atoms with Gasteiger partial charge in [-0.25, -0.2) is 4.98 Å². The second kappa shape index (κ2) is 9.30. The van der Waals surface area contributed by atoms with Crippen molar-refractivity contribution in [2.24, 2.45) is 0 Å². The first-order valence-electron chi connectivity index (χ1n) is 12.1. The highest BCUT2D eigenvalue weighted by Crippen LogP contribution is 2.37. The highest BCUT2D eigenvalue weighted by atomic mass is 16.5. The van der Waals surface area contributed by atoms with E-state index in [1.807, 2.05) is 0 Å². The van der Waals surface area contributed by atoms with Crippen LogP contribution < -0.4 is 4.74 Å². The van der Waals surface area contributed by atoms with Gasteiger partial charge in [-0.05, 0) is 71.6 Å². The number of unbranched alkanes of at least 4 members (excludes halogenated alkanes) is 2. The van der Waals surface area contributed by atoms with Crippen LogP contribution in [0.15, 0.2) is 60.7 Å². The van der Waals surface area contributed by atoms with Crippen molar-refractivity contribution in [2.75, 3.05) is 19.7 Å². The molecule has 0 radical (unpaired) electrons. The Morgan fingerprint density at radius 1 is 0.906 bits per heavy atom. The van der Waals surface area contributed by atoms with E-state index in [1.54, 1.807) is 0 Å². The Labute approximate surface area is 191 Å². The van der Waals surface area contributed by atoms with Crippen LogP contribution in [0.2, 0.25) is 0 Å². The number of likely N-dealkylation sites (N-methyl/N-ethyl adjacent to an activating group) is 1. The lowest BCUT2D eigenvalue weighted by Gasteiger charge is -2.30. The summed E-state index contributed by atoms with van der Waals surface area (Å²) in [6, 6.07) is 21.7. The molecule has 3 aromatic carbocycles. The molecule has 0 saturated carbocycles. The molecule has 3 heteroatoms. The lowest BCUT2D eigenvalue weighted by Crippen LogP contribution is -2.31. The van der Waals surface area contributed by atoms with Crippen LogP contribution in [-0.4, -0.2) is 29.6 Å². The number of pyridine rings is 1. The van der Waals surface area contributed by atoms with Crippen LogP contribution in [0.5, 0.6) is 5.75 Å². The van der Waals surface area contributed by atoms with E-state index in [-0.39, 0.29) is 0 Å². The molecule has 0 fully saturated rings. The van der Waals surface area contributed by atoms with Crippen LogP contribution in [-0.2, 0) is 13.0 Å². The van der Waals surface area contributed by atoms with E-state index in [1.165, 1.54) is 45.7 Å². The Hall–Kier alpha value is -2.91. The number of rotatable bonds is 7. The summed E-state index contributed by atoms with van der Waals surface area (Å²) >= 11 is 0. The van der Waals surface area contributed by atoms with Crippen molar-refractivity contribution < 1.29 is 4.74 Å². The lowest BCUT2D eigenvalue weighted by atomic mass is 9.89. The molecule has 164 valence electrons. The predicted molar refractivity (Wildman–Crippen MR) is 134 cm³/mol. The van der Waals surface area contributed by atoms with Crippen molar-refractivity contribution in [1.82, 2.24) is 9.88 Å². The molecule has 3 nitrogen and oxygen atoms in total. The number of hydrogen-bond acceptors (Lipinski definition) is 3. The third kappa shape index (κ3) is 3.98. The van der Waals surface area contributed by atoms with Gasteiger partial charge < -0.3 is 4.74 Å². The minimum atomic E-state index is 0.787. The van der Waals surface area contributed by atoms with E-state index in [2.05, 4.69) is 79.4 Å². The van der Waals surface area contributed by atoms with E-state index >= 15 is 0 Å². The maximum atomic E-state index is 5.94. The molecule has 0 bridgehead atoms. The summed E-state index contributed by atoms with van der Waals surface area (Å²) in [4.78, 5) is 7.75. The summed E-state index contributed by atoms with van der Waals surface area (Å²) in [5.41, 5.74) is 6.26. The first-order valence-corrected chi connectivity index (χ1v) is 12.1. The van der Waals surface area contributed by atoms with Gasteiger partial charge in [0.1, 0.15) is 5.75 Å². The van der Waals surface area contributed by atoms with E-state index in [0.29, 0.717) is 0 Å². The first-order chi connectivity index (χ1) is 15.8. The summed E-state index contributed by atoms with van der Waals surface area (Å²) in [7, 11) is 0. The first kappa shape index (κ1) is 21.0. The molecule has 1 aliphatic rings. The predicted octanol–water partition coefficient (Wildman–Crippen LogP) is 7.00. The van der Waals surface area contributed by atoms with Crippen LogP contribution in [0.25, 0.3) is 32.9 Å². The van der Waals surface area contributed by atoms with E-state index < -0.39 is 0 Å². The van der Waals surface area contributed by atoms with Crippen molar-refractivity contribution >= 4 is 21.7 Å². The Morgan fingerprint density at radius 3 is 2.56 bits per heavy atom. The van der Waals surface area contributed by atoms with Crippen LogP contribution in [0, 0.1) is 0 Å². The van der Waals surface area contributed by atoms with Crippen molar-refractivity contribution in [1.29, 1.82) is 0 Å². The number of ether oxygens (including phenoxy) is 1. The molecular formula is C29H32N2O. The van der Waals surface area contributed by atoms with Gasteiger partial charge in [-0.3, -0.25) is 4.90 Å². The molecule has 0 spiro atoms. The molecule has 2 heterocycles. The van der Waals surface area contributed by atoms with Gasteiger partial charge >= 0.3 is 0 Å². The molecule has 0 N–H and O–H groups in total. The van der Waals surface area contributed by atoms with Crippen LogP contribution in [0.1, 0.15) is 44.2 Å². The van der Waals surface area contributed by atoms with Gasteiger partial charge in [0.15, 0.2) is 0 Å². The molecule has 0 amide bonds. The monoisotopic (exact) mass is 424 g/mol. The van der Waals surface area contributed by atoms with Crippen molar-refractivity contribution in [2.45, 2.75) is 46.1 Å². The van der Waals surface area contributed by atoms with Gasteiger partial charge in [-0.1, -0.05) is 57.0 Å². The zero-order valence-electron chi connectivity index (χ0n) is 19.2. The van der Waals surface area contributed by atoms with Gasteiger partial charge in [0.2, 0.25) is 0 Å². The third-order valence-electron chi connectivity index (χ3n) is 6.74. The van der Waals surface area contributed by atoms with Crippen molar-refractivity contribution in [3.05, 3.63) is 71.8 Å². The average Bonchev–Trinajstić information content (AvgIpc) is 2.86. The largest absolute Gasteiger partial charge is 0.494 e. The molecule has 0 unspecified atom stereocenters. The molecule has 1 aromatic heterocycles. The Morgan fingerprint density at radius 2 is 1.75 bits per heavy atom. The normalized spacial score (nSPS) is 14.1. The number of nitrogens with zero attached hydrogens (tertiary/aromatic N) is 2. The zero-order chi connectivity index (χ0) is 21.9. The van der Waals surface area contributed by atoms with Crippen molar-refractivity contribution in [3.63, 3.8) is 0 Å². The summed E-state index contributed by atoms with van der Waals surface area (Å²) in [5, 5.41) is 3.95. The quantitative estimate of drug-likeness (QED) is 0.236. The molecule has 0 aliphatic carbocycles. The second-order valence-corrected chi connectivity index (χ2v) is 8.80. The van der Waals surface area contributed by atoms with E-state index in [4.69, 9.17) is 9.72 Å². The summed E-state index contributed by atoms with van der Waals surface area (Å²) in [5.74, 6) is 0.945. The molecule has 0 saturated heterocycles. The van der Waals surface area contributed by atoms with Crippen LogP contribution in [0.3, 0.4) is 0 Å². The van der Waals surface area contributed by atoms with Crippen molar-refractivity contribution in [3.8, 4) is 17.0 Å². The smallest absolute Gasteiger partial charge is 0.119 e. The standard InChI is InChI=1S/C29H32N2O/c1-3-5-8-19-32-23-14-11-22(12-15-23)29-26-20-31(4-2)18-17-25(26)28-24-10-7-6-9-21(24)13-16-27(28)30-29/h6-7,9-16H,3-5,8,17-20H2,1-2H3. The fraction of sp³-hybridized carbons (Fsp3) is 0.345. The lowest BCUT2D eigenvalue weighted by molar-refractivity contribution is 0.269. The fourth-order valence-corrected chi connectivity index (χ4v) is 4.93. The number of aromatic nitrogens is 1. The highest BCUT2D eigenvalue weighted by Gasteiger charge is 2.23. The molecule has 1 aliphatic heterocycles. The number of benzene rings is 3. The topological polar surface area (TPSA) is 25.4 Å². The fourth-order valence-electron chi connectivity index (χ4n) is 4.93. The minimum absolute atomic E-state index is 0.787. The van der Waals surface area contributed by atoms with Gasteiger partial charge in [0.05, 0.1) is 17.8 Å². The maximum Gasteiger partial charge on any atom is 0.119 e. The molecular weight excluding hydrogens is 392 g/mol. The molecule has 0 atom stereocenters. The summed E-state index contributed by atoms with van der Waals surface area (Å²) in [6.45, 7) is 8.39. The average molecular weight is 425 g/mol. The molecule has 5 rings (SSSR count). The Bertz CT molecular complexity index is 1230. The second-order valence-electron chi connectivity index (χ2n) is 8.80. The summed E-state index contributed by atoms with van der Waals surface area (Å²) in [6.07, 6.45) is 4.61. The highest BCUT2D eigenvalue weighted by molar-refractivity contribution is 6.09. The van der Waals surface area contributed by atoms with Gasteiger partial charge in [-0.15, -0.1) is 0 Å². The van der Waals surface area contributed by atoms with Gasteiger partial charge in [-0.2, -0.15) is 0 Å². The number of fused-ring (bicyclic) bond motifs is 5. The minimum Gasteiger partial charge on any atom is -0.494 e. The Balaban J connectivity index is 1.59. The number of hydrogen-bond donors (Lipinski definition) is 0. The Kier molecular flexibility index (Phi) is 6.09. The third-order valence-corrected chi connectivity index (χ3v) is 6.74. The summed E-state index contributed by atoms with van der Waals surface area (Å²) < 4.78 is 5.94. The van der Waals surface area contributed by atoms with E-state index in [9.17, 15) is 0 Å². The SMILES string of the molecule is CCCCCOc1ccc(-c2nc3ccc4ccccc4c3c3c2CN(CC)CC3)cc1.